The van der Waals surface area contributed by atoms with Gasteiger partial charge in [0.15, 0.2) is 5.76 Å². The van der Waals surface area contributed by atoms with Crippen LogP contribution in [0.1, 0.15) is 34.1 Å². The van der Waals surface area contributed by atoms with Crippen molar-refractivity contribution in [2.75, 3.05) is 17.7 Å². The van der Waals surface area contributed by atoms with Crippen LogP contribution in [0.15, 0.2) is 40.1 Å². The fraction of sp³-hybridized carbons (Fsp3) is 0.286. The maximum Gasteiger partial charge on any atom is 0.341 e. The highest BCUT2D eigenvalue weighted by atomic mass is 32.2. The van der Waals surface area contributed by atoms with Crippen LogP contribution in [0.25, 0.3) is 11.3 Å². The van der Waals surface area contributed by atoms with Gasteiger partial charge in [-0.3, -0.25) is 4.79 Å². The van der Waals surface area contributed by atoms with Crippen molar-refractivity contribution in [2.24, 2.45) is 0 Å². The lowest BCUT2D eigenvalue weighted by Crippen LogP contribution is -2.16. The van der Waals surface area contributed by atoms with E-state index in [4.69, 9.17) is 9.15 Å². The first-order valence-electron chi connectivity index (χ1n) is 9.51. The summed E-state index contributed by atoms with van der Waals surface area (Å²) in [4.78, 5) is 30.1. The number of amides is 1. The smallest absolute Gasteiger partial charge is 0.341 e. The second-order valence-corrected chi connectivity index (χ2v) is 8.65. The number of carbonyl (C=O) groups is 2. The van der Waals surface area contributed by atoms with Crippen molar-refractivity contribution in [3.05, 3.63) is 52.3 Å². The van der Waals surface area contributed by atoms with Crippen LogP contribution in [0, 0.1) is 5.82 Å². The Hall–Kier alpha value is -2.65. The molecule has 0 fully saturated rings. The predicted octanol–water partition coefficient (Wildman–Crippen LogP) is 4.94. The summed E-state index contributed by atoms with van der Waals surface area (Å²) < 4.78 is 23.9. The molecule has 9 heteroatoms. The fourth-order valence-electron chi connectivity index (χ4n) is 3.27. The first-order valence-corrected chi connectivity index (χ1v) is 11.3. The first kappa shape index (κ1) is 20.6. The maximum atomic E-state index is 13.0. The van der Waals surface area contributed by atoms with Crippen LogP contribution in [0.2, 0.25) is 0 Å². The number of thiophene rings is 1. The Bertz CT molecular complexity index is 1080. The minimum Gasteiger partial charge on any atom is -0.462 e. The number of hydrogen-bond acceptors (Lipinski definition) is 7. The highest BCUT2D eigenvalue weighted by Gasteiger charge is 2.28. The summed E-state index contributed by atoms with van der Waals surface area (Å²) in [6.45, 7) is 2.04. The van der Waals surface area contributed by atoms with E-state index in [-0.39, 0.29) is 24.1 Å². The lowest BCUT2D eigenvalue weighted by atomic mass is 10.1. The summed E-state index contributed by atoms with van der Waals surface area (Å²) in [5, 5.41) is 3.72. The van der Waals surface area contributed by atoms with Gasteiger partial charge in [-0.05, 0) is 56.0 Å². The van der Waals surface area contributed by atoms with Crippen molar-refractivity contribution in [3.8, 4) is 11.3 Å². The molecule has 6 nitrogen and oxygen atoms in total. The number of aromatic nitrogens is 1. The van der Waals surface area contributed by atoms with E-state index in [0.29, 0.717) is 27.1 Å². The summed E-state index contributed by atoms with van der Waals surface area (Å²) in [6.07, 6.45) is 4.29. The Kier molecular flexibility index (Phi) is 6.19. The third-order valence-electron chi connectivity index (χ3n) is 4.59. The molecule has 0 atom stereocenters. The number of anilines is 1. The molecule has 0 aliphatic heterocycles. The topological polar surface area (TPSA) is 81.4 Å². The van der Waals surface area contributed by atoms with Crippen molar-refractivity contribution in [1.29, 1.82) is 0 Å². The number of halogens is 1. The number of ether oxygens (including phenoxy) is 1. The number of carbonyl (C=O) groups excluding carboxylic acids is 2. The molecule has 0 spiro atoms. The van der Waals surface area contributed by atoms with Crippen molar-refractivity contribution >= 4 is 40.0 Å². The number of oxazole rings is 1. The van der Waals surface area contributed by atoms with Gasteiger partial charge in [-0.25, -0.2) is 14.2 Å². The van der Waals surface area contributed by atoms with Crippen molar-refractivity contribution < 1.29 is 23.1 Å². The van der Waals surface area contributed by atoms with Crippen LogP contribution in [0.4, 0.5) is 9.39 Å². The number of thioether (sulfide) groups is 1. The maximum absolute atomic E-state index is 13.0. The number of hydrogen-bond donors (Lipinski definition) is 1. The van der Waals surface area contributed by atoms with Crippen LogP contribution >= 0.6 is 23.1 Å². The van der Waals surface area contributed by atoms with Gasteiger partial charge in [0, 0.05) is 10.4 Å². The highest BCUT2D eigenvalue weighted by molar-refractivity contribution is 7.99. The molecule has 2 aromatic heterocycles. The van der Waals surface area contributed by atoms with E-state index < -0.39 is 5.97 Å². The van der Waals surface area contributed by atoms with E-state index in [1.807, 2.05) is 0 Å². The number of aryl methyl sites for hydroxylation is 1. The minimum absolute atomic E-state index is 0.0776. The van der Waals surface area contributed by atoms with Gasteiger partial charge in [0.2, 0.25) is 5.91 Å². The van der Waals surface area contributed by atoms with Gasteiger partial charge in [0.05, 0.1) is 24.1 Å². The van der Waals surface area contributed by atoms with Gasteiger partial charge in [0.1, 0.15) is 10.8 Å². The molecule has 30 heavy (non-hydrogen) atoms. The predicted molar refractivity (Wildman–Crippen MR) is 114 cm³/mol. The Morgan fingerprint density at radius 2 is 2.10 bits per heavy atom. The Labute approximate surface area is 180 Å². The zero-order valence-corrected chi connectivity index (χ0v) is 17.8. The Morgan fingerprint density at radius 1 is 1.30 bits per heavy atom. The van der Waals surface area contributed by atoms with E-state index in [0.717, 1.165) is 41.5 Å². The number of esters is 1. The van der Waals surface area contributed by atoms with Crippen LogP contribution in [-0.4, -0.2) is 29.2 Å². The van der Waals surface area contributed by atoms with Gasteiger partial charge in [-0.2, -0.15) is 0 Å². The molecular weight excluding hydrogens is 427 g/mol. The van der Waals surface area contributed by atoms with Crippen LogP contribution in [0.5, 0.6) is 0 Å². The first-order chi connectivity index (χ1) is 14.5. The zero-order valence-electron chi connectivity index (χ0n) is 16.2. The third kappa shape index (κ3) is 4.41. The molecular formula is C21H19FN2O4S2. The molecule has 0 saturated heterocycles. The molecule has 0 unspecified atom stereocenters. The Balaban J connectivity index is 1.40. The Morgan fingerprint density at radius 3 is 2.87 bits per heavy atom. The third-order valence-corrected chi connectivity index (χ3v) is 6.64. The van der Waals surface area contributed by atoms with E-state index in [1.165, 1.54) is 29.7 Å². The number of benzene rings is 1. The number of fused-ring (bicyclic) bond motifs is 1. The fourth-order valence-corrected chi connectivity index (χ4v) is 5.17. The molecule has 1 amide bonds. The normalized spacial score (nSPS) is 12.6. The molecule has 0 saturated carbocycles. The second-order valence-electron chi connectivity index (χ2n) is 6.62. The summed E-state index contributed by atoms with van der Waals surface area (Å²) in [5.41, 5.74) is 2.19. The summed E-state index contributed by atoms with van der Waals surface area (Å²) in [5.74, 6) is -0.402. The van der Waals surface area contributed by atoms with Crippen LogP contribution in [0.3, 0.4) is 0 Å². The van der Waals surface area contributed by atoms with Crippen molar-refractivity contribution in [1.82, 2.24) is 4.98 Å². The average Bonchev–Trinajstić information content (AvgIpc) is 3.43. The molecule has 0 radical (unpaired) electrons. The SMILES string of the molecule is CCOC(=O)c1c(NC(=O)CSc2ncc(-c3ccc(F)cc3)o2)sc2c1CCC2. The largest absolute Gasteiger partial charge is 0.462 e. The molecule has 1 aliphatic carbocycles. The number of nitrogens with zero attached hydrogens (tertiary/aromatic N) is 1. The van der Waals surface area contributed by atoms with Crippen LogP contribution in [-0.2, 0) is 22.4 Å². The lowest BCUT2D eigenvalue weighted by molar-refractivity contribution is -0.113. The van der Waals surface area contributed by atoms with E-state index >= 15 is 0 Å². The van der Waals surface area contributed by atoms with E-state index in [9.17, 15) is 14.0 Å². The van der Waals surface area contributed by atoms with Gasteiger partial charge >= 0.3 is 5.97 Å². The molecule has 0 bridgehead atoms. The highest BCUT2D eigenvalue weighted by Crippen LogP contribution is 2.39. The molecule has 1 aliphatic rings. The summed E-state index contributed by atoms with van der Waals surface area (Å²) in [6, 6.07) is 5.89. The van der Waals surface area contributed by atoms with Crippen LogP contribution < -0.4 is 5.32 Å². The molecule has 1 aromatic carbocycles. The van der Waals surface area contributed by atoms with Crippen molar-refractivity contribution in [2.45, 2.75) is 31.4 Å². The number of rotatable bonds is 7. The zero-order chi connectivity index (χ0) is 21.1. The quantitative estimate of drug-likeness (QED) is 0.409. The van der Waals surface area contributed by atoms with Crippen molar-refractivity contribution in [3.63, 3.8) is 0 Å². The lowest BCUT2D eigenvalue weighted by Gasteiger charge is -2.07. The molecule has 156 valence electrons. The minimum atomic E-state index is -0.392. The van der Waals surface area contributed by atoms with Gasteiger partial charge in [-0.1, -0.05) is 11.8 Å². The monoisotopic (exact) mass is 446 g/mol. The summed E-state index contributed by atoms with van der Waals surface area (Å²) >= 11 is 2.59. The van der Waals surface area contributed by atoms with E-state index in [2.05, 4.69) is 10.3 Å². The van der Waals surface area contributed by atoms with Gasteiger partial charge < -0.3 is 14.5 Å². The van der Waals surface area contributed by atoms with Gasteiger partial charge in [0.25, 0.3) is 5.22 Å². The van der Waals surface area contributed by atoms with Gasteiger partial charge in [-0.15, -0.1) is 11.3 Å². The number of nitrogens with one attached hydrogen (secondary N) is 1. The standard InChI is InChI=1S/C21H19FN2O4S2/c1-2-27-20(26)18-14-4-3-5-16(14)30-19(18)24-17(25)11-29-21-23-10-15(28-21)12-6-8-13(22)9-7-12/h6-10H,2-5,11H2,1H3,(H,24,25). The second kappa shape index (κ2) is 9.01. The molecule has 1 N–H and O–H groups in total. The van der Waals surface area contributed by atoms with E-state index in [1.54, 1.807) is 19.1 Å². The molecule has 3 aromatic rings. The summed E-state index contributed by atoms with van der Waals surface area (Å²) in [7, 11) is 0. The molecule has 2 heterocycles. The molecule has 4 rings (SSSR count). The average molecular weight is 447 g/mol.